The molecule has 0 unspecified atom stereocenters. The van der Waals surface area contributed by atoms with Crippen LogP contribution in [0.25, 0.3) is 0 Å². The van der Waals surface area contributed by atoms with Gasteiger partial charge in [-0.15, -0.1) is 0 Å². The van der Waals surface area contributed by atoms with E-state index in [1.807, 2.05) is 6.92 Å². The van der Waals surface area contributed by atoms with Crippen molar-refractivity contribution in [3.63, 3.8) is 0 Å². The summed E-state index contributed by atoms with van der Waals surface area (Å²) in [5, 5.41) is -0.0779. The average molecular weight is 262 g/mol. The summed E-state index contributed by atoms with van der Waals surface area (Å²) in [6.07, 6.45) is 1.83. The molecule has 0 saturated heterocycles. The molecule has 1 aromatic rings. The van der Waals surface area contributed by atoms with Gasteiger partial charge in [0, 0.05) is 6.61 Å². The van der Waals surface area contributed by atoms with Gasteiger partial charge in [0.2, 0.25) is 0 Å². The number of esters is 1. The minimum Gasteiger partial charge on any atom is -0.460 e. The fourth-order valence-electron chi connectivity index (χ4n) is 1.08. The topological polar surface area (TPSA) is 48.4 Å². The van der Waals surface area contributed by atoms with Crippen LogP contribution in [0.1, 0.15) is 23.7 Å². The predicted octanol–water partition coefficient (Wildman–Crippen LogP) is 2.46. The molecule has 6 heteroatoms. The number of hydrogen-bond donors (Lipinski definition) is 0. The average Bonchev–Trinajstić information content (AvgIpc) is 2.32. The predicted molar refractivity (Wildman–Crippen MR) is 60.6 cm³/mol. The van der Waals surface area contributed by atoms with Crippen molar-refractivity contribution in [3.05, 3.63) is 28.8 Å². The number of pyridine rings is 1. The first-order valence-corrected chi connectivity index (χ1v) is 5.59. The fourth-order valence-corrected chi connectivity index (χ4v) is 1.26. The zero-order valence-corrected chi connectivity index (χ0v) is 10.2. The highest BCUT2D eigenvalue weighted by Crippen LogP contribution is 2.14. The van der Waals surface area contributed by atoms with Crippen molar-refractivity contribution in [1.29, 1.82) is 0 Å². The molecule has 1 rings (SSSR count). The lowest BCUT2D eigenvalue weighted by Gasteiger charge is -2.06. The quantitative estimate of drug-likeness (QED) is 0.448. The van der Waals surface area contributed by atoms with Gasteiger partial charge in [-0.3, -0.25) is 0 Å². The molecule has 4 nitrogen and oxygen atoms in total. The van der Waals surface area contributed by atoms with Crippen molar-refractivity contribution in [3.8, 4) is 0 Å². The molecule has 0 radical (unpaired) electrons. The van der Waals surface area contributed by atoms with Gasteiger partial charge in [0.05, 0.1) is 18.4 Å². The Hall–Kier alpha value is -1.20. The lowest BCUT2D eigenvalue weighted by molar-refractivity contribution is 0.0318. The third-order valence-electron chi connectivity index (χ3n) is 1.83. The number of rotatable bonds is 6. The maximum Gasteiger partial charge on any atom is 0.341 e. The van der Waals surface area contributed by atoms with Crippen molar-refractivity contribution in [2.45, 2.75) is 13.3 Å². The summed E-state index contributed by atoms with van der Waals surface area (Å²) in [4.78, 5) is 15.0. The molecule has 0 bridgehead atoms. The minimum absolute atomic E-state index is 0.0779. The van der Waals surface area contributed by atoms with E-state index in [9.17, 15) is 9.18 Å². The van der Waals surface area contributed by atoms with E-state index in [2.05, 4.69) is 4.98 Å². The van der Waals surface area contributed by atoms with E-state index in [1.165, 1.54) is 0 Å². The van der Waals surface area contributed by atoms with Crippen LogP contribution >= 0.6 is 11.6 Å². The van der Waals surface area contributed by atoms with Gasteiger partial charge in [-0.05, 0) is 12.5 Å². The zero-order chi connectivity index (χ0) is 12.7. The molecule has 1 aromatic heterocycles. The third kappa shape index (κ3) is 4.66. The SMILES string of the molecule is CCCOCCOC(=O)c1cc(F)cnc1Cl. The summed E-state index contributed by atoms with van der Waals surface area (Å²) in [7, 11) is 0. The standard InChI is InChI=1S/C11H13ClFNO3/c1-2-3-16-4-5-17-11(15)9-6-8(13)7-14-10(9)12/h6-7H,2-5H2,1H3. The molecule has 0 atom stereocenters. The highest BCUT2D eigenvalue weighted by atomic mass is 35.5. The lowest BCUT2D eigenvalue weighted by atomic mass is 10.3. The number of hydrogen-bond acceptors (Lipinski definition) is 4. The summed E-state index contributed by atoms with van der Waals surface area (Å²) in [6.45, 7) is 3.00. The first kappa shape index (κ1) is 13.9. The summed E-state index contributed by atoms with van der Waals surface area (Å²) < 4.78 is 22.8. The van der Waals surface area contributed by atoms with Crippen LogP contribution in [0, 0.1) is 5.82 Å². The van der Waals surface area contributed by atoms with Crippen LogP contribution in [-0.2, 0) is 9.47 Å². The number of nitrogens with zero attached hydrogens (tertiary/aromatic N) is 1. The first-order valence-electron chi connectivity index (χ1n) is 5.21. The smallest absolute Gasteiger partial charge is 0.341 e. The molecule has 0 aliphatic rings. The van der Waals surface area contributed by atoms with Crippen molar-refractivity contribution in [2.24, 2.45) is 0 Å². The van der Waals surface area contributed by atoms with Crippen LogP contribution in [0.15, 0.2) is 12.3 Å². The Balaban J connectivity index is 2.44. The van der Waals surface area contributed by atoms with Crippen LogP contribution in [0.3, 0.4) is 0 Å². The van der Waals surface area contributed by atoms with E-state index in [-0.39, 0.29) is 17.3 Å². The number of ether oxygens (including phenoxy) is 2. The Kier molecular flexibility index (Phi) is 5.86. The molecule has 0 aliphatic carbocycles. The second kappa shape index (κ2) is 7.19. The molecule has 0 N–H and O–H groups in total. The normalized spacial score (nSPS) is 10.3. The van der Waals surface area contributed by atoms with Crippen molar-refractivity contribution in [1.82, 2.24) is 4.98 Å². The van der Waals surface area contributed by atoms with Gasteiger partial charge in [0.1, 0.15) is 17.6 Å². The van der Waals surface area contributed by atoms with E-state index >= 15 is 0 Å². The molecular formula is C11H13ClFNO3. The van der Waals surface area contributed by atoms with Gasteiger partial charge in [-0.2, -0.15) is 0 Å². The Labute approximate surface area is 104 Å². The molecule has 0 aromatic carbocycles. The van der Waals surface area contributed by atoms with Gasteiger partial charge in [0.15, 0.2) is 0 Å². The van der Waals surface area contributed by atoms with Crippen LogP contribution in [0.4, 0.5) is 4.39 Å². The Morgan fingerprint density at radius 2 is 2.24 bits per heavy atom. The van der Waals surface area contributed by atoms with E-state index in [0.29, 0.717) is 13.2 Å². The number of aromatic nitrogens is 1. The van der Waals surface area contributed by atoms with Gasteiger partial charge in [0.25, 0.3) is 0 Å². The maximum absolute atomic E-state index is 12.8. The Morgan fingerprint density at radius 1 is 1.47 bits per heavy atom. The molecule has 1 heterocycles. The molecule has 0 amide bonds. The maximum atomic E-state index is 12.8. The van der Waals surface area contributed by atoms with Crippen LogP contribution in [-0.4, -0.2) is 30.8 Å². The molecule has 0 fully saturated rings. The van der Waals surface area contributed by atoms with E-state index in [4.69, 9.17) is 21.1 Å². The van der Waals surface area contributed by atoms with Crippen molar-refractivity contribution >= 4 is 17.6 Å². The van der Waals surface area contributed by atoms with Crippen LogP contribution in [0.2, 0.25) is 5.15 Å². The third-order valence-corrected chi connectivity index (χ3v) is 2.14. The van der Waals surface area contributed by atoms with E-state index in [1.54, 1.807) is 0 Å². The first-order chi connectivity index (χ1) is 8.15. The fraction of sp³-hybridized carbons (Fsp3) is 0.455. The van der Waals surface area contributed by atoms with E-state index < -0.39 is 11.8 Å². The zero-order valence-electron chi connectivity index (χ0n) is 9.41. The van der Waals surface area contributed by atoms with Gasteiger partial charge >= 0.3 is 5.97 Å². The largest absolute Gasteiger partial charge is 0.460 e. The Bertz CT molecular complexity index is 387. The van der Waals surface area contributed by atoms with Crippen molar-refractivity contribution in [2.75, 3.05) is 19.8 Å². The number of carbonyl (C=O) groups excluding carboxylic acids is 1. The molecule has 0 aliphatic heterocycles. The second-order valence-electron chi connectivity index (χ2n) is 3.24. The molecule has 94 valence electrons. The van der Waals surface area contributed by atoms with Crippen LogP contribution < -0.4 is 0 Å². The van der Waals surface area contributed by atoms with Crippen LogP contribution in [0.5, 0.6) is 0 Å². The monoisotopic (exact) mass is 261 g/mol. The minimum atomic E-state index is -0.706. The van der Waals surface area contributed by atoms with Gasteiger partial charge < -0.3 is 9.47 Å². The highest BCUT2D eigenvalue weighted by molar-refractivity contribution is 6.32. The summed E-state index contributed by atoms with van der Waals surface area (Å²) in [5.74, 6) is -1.34. The van der Waals surface area contributed by atoms with E-state index in [0.717, 1.165) is 18.7 Å². The molecule has 17 heavy (non-hydrogen) atoms. The number of halogens is 2. The summed E-state index contributed by atoms with van der Waals surface area (Å²) >= 11 is 5.64. The molecule has 0 spiro atoms. The number of carbonyl (C=O) groups is 1. The second-order valence-corrected chi connectivity index (χ2v) is 3.60. The van der Waals surface area contributed by atoms with Crippen molar-refractivity contribution < 1.29 is 18.7 Å². The summed E-state index contributed by atoms with van der Waals surface area (Å²) in [5.41, 5.74) is -0.0813. The highest BCUT2D eigenvalue weighted by Gasteiger charge is 2.13. The summed E-state index contributed by atoms with van der Waals surface area (Å²) in [6, 6.07) is 0.991. The lowest BCUT2D eigenvalue weighted by Crippen LogP contribution is -2.12. The Morgan fingerprint density at radius 3 is 2.94 bits per heavy atom. The van der Waals surface area contributed by atoms with Gasteiger partial charge in [-0.25, -0.2) is 14.2 Å². The molecular weight excluding hydrogens is 249 g/mol. The molecule has 0 saturated carbocycles. The van der Waals surface area contributed by atoms with Gasteiger partial charge in [-0.1, -0.05) is 18.5 Å².